The van der Waals surface area contributed by atoms with Crippen LogP contribution in [0.25, 0.3) is 0 Å². The second-order valence-corrected chi connectivity index (χ2v) is 5.01. The van der Waals surface area contributed by atoms with Crippen LogP contribution in [0.3, 0.4) is 0 Å². The minimum Gasteiger partial charge on any atom is -0.549 e. The van der Waals surface area contributed by atoms with Crippen molar-refractivity contribution in [2.24, 2.45) is 0 Å². The van der Waals surface area contributed by atoms with Crippen LogP contribution in [-0.4, -0.2) is 11.9 Å². The number of unbranched alkanes of at least 4 members (excludes halogenated alkanes) is 4. The van der Waals surface area contributed by atoms with Gasteiger partial charge in [-0.25, -0.2) is 0 Å². The molecule has 110 valence electrons. The van der Waals surface area contributed by atoms with Crippen LogP contribution in [0.5, 0.6) is 0 Å². The molecule has 0 aliphatic rings. The summed E-state index contributed by atoms with van der Waals surface area (Å²) in [6.45, 7) is 2.08. The number of carboxylic acids is 2. The van der Waals surface area contributed by atoms with Crippen molar-refractivity contribution in [3.05, 3.63) is 35.9 Å². The molecule has 0 fully saturated rings. The molecule has 0 bridgehead atoms. The molecule has 0 atom stereocenters. The standard InChI is InChI=1S/C16H22O4.Li.Na/c1-2-3-4-5-9-12-16(14(17)18,15(19)20)13-10-7-6-8-11-13;;/h6-8,10-11H,2-5,9,12H2,1H3,(H,17,18)(H,19,20);;/q;2*+1/p-2. The average Bonchev–Trinajstić information content (AvgIpc) is 2.43. The molecule has 4 nitrogen and oxygen atoms in total. The number of carbonyl (C=O) groups excluding carboxylic acids is 2. The Morgan fingerprint density at radius 1 is 0.955 bits per heavy atom. The van der Waals surface area contributed by atoms with Crippen molar-refractivity contribution < 1.29 is 68.2 Å². The van der Waals surface area contributed by atoms with Gasteiger partial charge in [0.1, 0.15) is 0 Å². The van der Waals surface area contributed by atoms with Crippen molar-refractivity contribution in [2.45, 2.75) is 50.9 Å². The quantitative estimate of drug-likeness (QED) is 0.259. The van der Waals surface area contributed by atoms with Gasteiger partial charge in [0, 0.05) is 0 Å². The third-order valence-corrected chi connectivity index (χ3v) is 3.62. The van der Waals surface area contributed by atoms with E-state index in [1.807, 2.05) is 0 Å². The first-order chi connectivity index (χ1) is 9.55. The summed E-state index contributed by atoms with van der Waals surface area (Å²) >= 11 is 0. The van der Waals surface area contributed by atoms with Crippen molar-refractivity contribution >= 4 is 11.9 Å². The number of aliphatic carboxylic acids is 2. The van der Waals surface area contributed by atoms with E-state index in [-0.39, 0.29) is 60.4 Å². The van der Waals surface area contributed by atoms with Gasteiger partial charge in [0.25, 0.3) is 0 Å². The number of benzene rings is 1. The summed E-state index contributed by atoms with van der Waals surface area (Å²) in [5.74, 6) is -3.20. The Labute approximate surface area is 166 Å². The molecule has 0 aliphatic carbocycles. The van der Waals surface area contributed by atoms with E-state index in [2.05, 4.69) is 6.92 Å². The maximum absolute atomic E-state index is 11.5. The van der Waals surface area contributed by atoms with Gasteiger partial charge in [-0.3, -0.25) is 0 Å². The monoisotopic (exact) mass is 306 g/mol. The SMILES string of the molecule is CCCCCCCC(C(=O)[O-])(C(=O)[O-])c1ccccc1.[Li+].[Na+]. The Hall–Kier alpha value is -0.243. The molecule has 1 rings (SSSR count). The summed E-state index contributed by atoms with van der Waals surface area (Å²) in [5.41, 5.74) is -1.83. The molecule has 0 amide bonds. The van der Waals surface area contributed by atoms with Crippen LogP contribution in [0.2, 0.25) is 0 Å². The molecule has 0 aromatic heterocycles. The van der Waals surface area contributed by atoms with E-state index < -0.39 is 17.4 Å². The second-order valence-electron chi connectivity index (χ2n) is 5.01. The van der Waals surface area contributed by atoms with Gasteiger partial charge in [-0.05, 0) is 12.0 Å². The Morgan fingerprint density at radius 2 is 1.45 bits per heavy atom. The first-order valence-corrected chi connectivity index (χ1v) is 7.04. The maximum Gasteiger partial charge on any atom is 1.00 e. The van der Waals surface area contributed by atoms with Gasteiger partial charge in [0.15, 0.2) is 0 Å². The minimum atomic E-state index is -2.05. The Morgan fingerprint density at radius 3 is 1.91 bits per heavy atom. The number of carboxylic acid groups (broad SMARTS) is 2. The van der Waals surface area contributed by atoms with Crippen molar-refractivity contribution in [1.82, 2.24) is 0 Å². The minimum absolute atomic E-state index is 0. The third kappa shape index (κ3) is 6.10. The van der Waals surface area contributed by atoms with E-state index >= 15 is 0 Å². The van der Waals surface area contributed by atoms with Crippen LogP contribution in [0.1, 0.15) is 51.0 Å². The molecule has 22 heavy (non-hydrogen) atoms. The fourth-order valence-corrected chi connectivity index (χ4v) is 2.38. The predicted molar refractivity (Wildman–Crippen MR) is 71.5 cm³/mol. The van der Waals surface area contributed by atoms with Crippen molar-refractivity contribution in [3.8, 4) is 0 Å². The molecule has 0 saturated carbocycles. The first kappa shape index (κ1) is 24.0. The first-order valence-electron chi connectivity index (χ1n) is 7.04. The summed E-state index contributed by atoms with van der Waals surface area (Å²) in [5, 5.41) is 22.9. The van der Waals surface area contributed by atoms with Crippen LogP contribution in [0.15, 0.2) is 30.3 Å². The molecule has 0 aliphatic heterocycles. The van der Waals surface area contributed by atoms with Crippen LogP contribution < -0.4 is 58.6 Å². The molecular formula is C16H20LiNaO4. The molecule has 0 radical (unpaired) electrons. The predicted octanol–water partition coefficient (Wildman–Crippen LogP) is -5.21. The Balaban J connectivity index is 0. The van der Waals surface area contributed by atoms with Crippen molar-refractivity contribution in [3.63, 3.8) is 0 Å². The molecule has 6 heteroatoms. The van der Waals surface area contributed by atoms with E-state index in [1.54, 1.807) is 18.2 Å². The van der Waals surface area contributed by atoms with Gasteiger partial charge in [-0.1, -0.05) is 69.4 Å². The second kappa shape index (κ2) is 12.2. The zero-order valence-electron chi connectivity index (χ0n) is 13.8. The number of hydrogen-bond donors (Lipinski definition) is 0. The Kier molecular flexibility index (Phi) is 13.3. The molecule has 0 unspecified atom stereocenters. The maximum atomic E-state index is 11.5. The molecule has 0 saturated heterocycles. The van der Waals surface area contributed by atoms with Crippen molar-refractivity contribution in [2.75, 3.05) is 0 Å². The number of carbonyl (C=O) groups is 2. The smallest absolute Gasteiger partial charge is 0.549 e. The molecule has 0 heterocycles. The Bertz CT molecular complexity index is 437. The van der Waals surface area contributed by atoms with Gasteiger partial charge >= 0.3 is 48.4 Å². The van der Waals surface area contributed by atoms with Crippen LogP contribution in [-0.2, 0) is 15.0 Å². The van der Waals surface area contributed by atoms with E-state index in [0.717, 1.165) is 25.7 Å². The molecule has 1 aromatic carbocycles. The van der Waals surface area contributed by atoms with E-state index in [4.69, 9.17) is 0 Å². The zero-order chi connectivity index (χ0) is 15.0. The number of hydrogen-bond acceptors (Lipinski definition) is 4. The average molecular weight is 306 g/mol. The molecule has 0 spiro atoms. The van der Waals surface area contributed by atoms with E-state index in [1.165, 1.54) is 12.1 Å². The fraction of sp³-hybridized carbons (Fsp3) is 0.500. The van der Waals surface area contributed by atoms with Crippen LogP contribution in [0, 0.1) is 0 Å². The molecule has 1 aromatic rings. The van der Waals surface area contributed by atoms with Gasteiger partial charge in [-0.15, -0.1) is 0 Å². The summed E-state index contributed by atoms with van der Waals surface area (Å²) in [7, 11) is 0. The zero-order valence-corrected chi connectivity index (χ0v) is 15.8. The van der Waals surface area contributed by atoms with Gasteiger partial charge < -0.3 is 19.8 Å². The molecule has 0 N–H and O–H groups in total. The normalized spacial score (nSPS) is 10.2. The topological polar surface area (TPSA) is 80.3 Å². The summed E-state index contributed by atoms with van der Waals surface area (Å²) in [6, 6.07) is 7.94. The van der Waals surface area contributed by atoms with Gasteiger partial charge in [0.2, 0.25) is 0 Å². The van der Waals surface area contributed by atoms with Crippen LogP contribution in [0.4, 0.5) is 0 Å². The van der Waals surface area contributed by atoms with Gasteiger partial charge in [-0.2, -0.15) is 0 Å². The summed E-state index contributed by atoms with van der Waals surface area (Å²) in [4.78, 5) is 22.9. The third-order valence-electron chi connectivity index (χ3n) is 3.62. The summed E-state index contributed by atoms with van der Waals surface area (Å²) in [6.07, 6.45) is 4.45. The van der Waals surface area contributed by atoms with Gasteiger partial charge in [0.05, 0.1) is 17.4 Å². The van der Waals surface area contributed by atoms with E-state index in [9.17, 15) is 19.8 Å². The number of rotatable bonds is 9. The molecular weight excluding hydrogens is 286 g/mol. The summed E-state index contributed by atoms with van der Waals surface area (Å²) < 4.78 is 0. The largest absolute Gasteiger partial charge is 1.00 e. The fourth-order valence-electron chi connectivity index (χ4n) is 2.38. The van der Waals surface area contributed by atoms with Crippen molar-refractivity contribution in [1.29, 1.82) is 0 Å². The van der Waals surface area contributed by atoms with Crippen LogP contribution >= 0.6 is 0 Å². The van der Waals surface area contributed by atoms with E-state index in [0.29, 0.717) is 6.42 Å².